The molecular formula is C17H25ClFN3O. The molecule has 1 aromatic carbocycles. The van der Waals surface area contributed by atoms with Gasteiger partial charge in [0.05, 0.1) is 6.04 Å². The molecule has 0 saturated carbocycles. The number of carbonyl (C=O) groups excluding carboxylic acids is 1. The molecule has 0 spiro atoms. The Bertz CT molecular complexity index is 514. The third-order valence-corrected chi connectivity index (χ3v) is 4.69. The van der Waals surface area contributed by atoms with Gasteiger partial charge in [-0.2, -0.15) is 0 Å². The lowest BCUT2D eigenvalue weighted by molar-refractivity contribution is 0.216. The molecule has 4 nitrogen and oxygen atoms in total. The van der Waals surface area contributed by atoms with Crippen LogP contribution in [0.15, 0.2) is 18.2 Å². The maximum absolute atomic E-state index is 14.3. The van der Waals surface area contributed by atoms with Crippen molar-refractivity contribution < 1.29 is 9.18 Å². The fourth-order valence-corrected chi connectivity index (χ4v) is 3.15. The van der Waals surface area contributed by atoms with Gasteiger partial charge in [0, 0.05) is 23.2 Å². The molecule has 0 radical (unpaired) electrons. The van der Waals surface area contributed by atoms with Crippen LogP contribution >= 0.6 is 11.6 Å². The second kappa shape index (κ2) is 8.50. The number of hydrogen-bond acceptors (Lipinski definition) is 2. The summed E-state index contributed by atoms with van der Waals surface area (Å²) in [6.45, 7) is 6.08. The van der Waals surface area contributed by atoms with Crippen molar-refractivity contribution in [1.29, 1.82) is 0 Å². The Kier molecular flexibility index (Phi) is 6.66. The predicted molar refractivity (Wildman–Crippen MR) is 91.2 cm³/mol. The third-order valence-electron chi connectivity index (χ3n) is 4.36. The molecule has 0 aromatic heterocycles. The molecule has 2 rings (SSSR count). The van der Waals surface area contributed by atoms with Crippen LogP contribution in [0.3, 0.4) is 0 Å². The Morgan fingerprint density at radius 3 is 2.70 bits per heavy atom. The zero-order valence-electron chi connectivity index (χ0n) is 13.7. The van der Waals surface area contributed by atoms with Crippen LogP contribution in [-0.2, 0) is 0 Å². The smallest absolute Gasteiger partial charge is 0.315 e. The lowest BCUT2D eigenvalue weighted by Gasteiger charge is -2.29. The summed E-state index contributed by atoms with van der Waals surface area (Å²) in [5.74, 6) is -0.321. The minimum Gasteiger partial charge on any atom is -0.336 e. The van der Waals surface area contributed by atoms with Crippen LogP contribution < -0.4 is 10.6 Å². The summed E-state index contributed by atoms with van der Waals surface area (Å²) in [4.78, 5) is 14.2. The maximum atomic E-state index is 14.3. The topological polar surface area (TPSA) is 44.4 Å². The summed E-state index contributed by atoms with van der Waals surface area (Å²) in [6, 6.07) is 4.36. The highest BCUT2D eigenvalue weighted by Crippen LogP contribution is 2.31. The molecule has 0 bridgehead atoms. The van der Waals surface area contributed by atoms with Gasteiger partial charge in [-0.05, 0) is 51.4 Å². The predicted octanol–water partition coefficient (Wildman–Crippen LogP) is 3.71. The van der Waals surface area contributed by atoms with Crippen molar-refractivity contribution in [3.8, 4) is 0 Å². The Balaban J connectivity index is 2.11. The van der Waals surface area contributed by atoms with Crippen molar-refractivity contribution in [2.45, 2.75) is 45.2 Å². The van der Waals surface area contributed by atoms with Crippen molar-refractivity contribution in [3.05, 3.63) is 34.6 Å². The molecule has 1 fully saturated rings. The molecule has 1 heterocycles. The van der Waals surface area contributed by atoms with Crippen LogP contribution in [0.25, 0.3) is 0 Å². The Hall–Kier alpha value is -1.33. The van der Waals surface area contributed by atoms with Crippen LogP contribution in [-0.4, -0.2) is 36.6 Å². The second-order valence-corrected chi connectivity index (χ2v) is 6.47. The maximum Gasteiger partial charge on any atom is 0.315 e. The zero-order chi connectivity index (χ0) is 16.8. The molecule has 128 valence electrons. The number of halogens is 2. The normalized spacial score (nSPS) is 17.7. The van der Waals surface area contributed by atoms with E-state index < -0.39 is 0 Å². The standard InChI is InChI=1S/C17H25ClFN3O/c1-3-12(2)21-17(23)20-11-15(22-9-4-5-10-22)16-13(18)7-6-8-14(16)19/h6-8,12,15H,3-5,9-11H2,1-2H3,(H2,20,21,23). The van der Waals surface area contributed by atoms with Crippen molar-refractivity contribution >= 4 is 17.6 Å². The molecule has 2 N–H and O–H groups in total. The van der Waals surface area contributed by atoms with E-state index in [0.717, 1.165) is 32.4 Å². The first kappa shape index (κ1) is 18.0. The number of hydrogen-bond donors (Lipinski definition) is 2. The number of benzene rings is 1. The molecule has 2 amide bonds. The molecule has 1 aliphatic heterocycles. The van der Waals surface area contributed by atoms with Gasteiger partial charge in [-0.25, -0.2) is 9.18 Å². The van der Waals surface area contributed by atoms with Crippen molar-refractivity contribution in [1.82, 2.24) is 15.5 Å². The van der Waals surface area contributed by atoms with Crippen LogP contribution in [0.4, 0.5) is 9.18 Å². The third kappa shape index (κ3) is 4.82. The molecule has 2 unspecified atom stereocenters. The van der Waals surface area contributed by atoms with Crippen LogP contribution in [0.5, 0.6) is 0 Å². The Morgan fingerprint density at radius 2 is 2.09 bits per heavy atom. The van der Waals surface area contributed by atoms with E-state index in [4.69, 9.17) is 11.6 Å². The summed E-state index contributed by atoms with van der Waals surface area (Å²) >= 11 is 6.23. The van der Waals surface area contributed by atoms with E-state index in [2.05, 4.69) is 15.5 Å². The summed E-state index contributed by atoms with van der Waals surface area (Å²) in [6.07, 6.45) is 3.03. The summed E-state index contributed by atoms with van der Waals surface area (Å²) in [5.41, 5.74) is 0.472. The second-order valence-electron chi connectivity index (χ2n) is 6.06. The number of carbonyl (C=O) groups is 1. The van der Waals surface area contributed by atoms with Gasteiger partial charge in [-0.15, -0.1) is 0 Å². The van der Waals surface area contributed by atoms with Gasteiger partial charge in [0.15, 0.2) is 0 Å². The fourth-order valence-electron chi connectivity index (χ4n) is 2.86. The molecule has 2 atom stereocenters. The van der Waals surface area contributed by atoms with E-state index in [1.54, 1.807) is 12.1 Å². The zero-order valence-corrected chi connectivity index (χ0v) is 14.5. The Morgan fingerprint density at radius 1 is 1.39 bits per heavy atom. The SMILES string of the molecule is CCC(C)NC(=O)NCC(c1c(F)cccc1Cl)N1CCCC1. The number of amides is 2. The van der Waals surface area contributed by atoms with Gasteiger partial charge in [0.2, 0.25) is 0 Å². The number of nitrogens with zero attached hydrogens (tertiary/aromatic N) is 1. The quantitative estimate of drug-likeness (QED) is 0.828. The van der Waals surface area contributed by atoms with Crippen LogP contribution in [0, 0.1) is 5.82 Å². The molecule has 1 aromatic rings. The average Bonchev–Trinajstić information content (AvgIpc) is 3.04. The van der Waals surface area contributed by atoms with Crippen LogP contribution in [0.1, 0.15) is 44.7 Å². The van der Waals surface area contributed by atoms with Gasteiger partial charge >= 0.3 is 6.03 Å². The number of likely N-dealkylation sites (tertiary alicyclic amines) is 1. The first-order chi connectivity index (χ1) is 11.0. The fraction of sp³-hybridized carbons (Fsp3) is 0.588. The number of rotatable bonds is 6. The first-order valence-corrected chi connectivity index (χ1v) is 8.63. The highest BCUT2D eigenvalue weighted by molar-refractivity contribution is 6.31. The first-order valence-electron chi connectivity index (χ1n) is 8.25. The van der Waals surface area contributed by atoms with E-state index in [-0.39, 0.29) is 23.9 Å². The van der Waals surface area contributed by atoms with E-state index >= 15 is 0 Å². The molecule has 0 aliphatic carbocycles. The largest absolute Gasteiger partial charge is 0.336 e. The summed E-state index contributed by atoms with van der Waals surface area (Å²) < 4.78 is 14.3. The molecule has 1 aliphatic rings. The minimum absolute atomic E-state index is 0.109. The summed E-state index contributed by atoms with van der Waals surface area (Å²) in [7, 11) is 0. The van der Waals surface area contributed by atoms with Gasteiger partial charge < -0.3 is 10.6 Å². The van der Waals surface area contributed by atoms with Crippen molar-refractivity contribution in [2.24, 2.45) is 0 Å². The van der Waals surface area contributed by atoms with Gasteiger partial charge in [0.1, 0.15) is 5.82 Å². The highest BCUT2D eigenvalue weighted by atomic mass is 35.5. The number of urea groups is 1. The molecular weight excluding hydrogens is 317 g/mol. The van der Waals surface area contributed by atoms with Crippen LogP contribution in [0.2, 0.25) is 5.02 Å². The summed E-state index contributed by atoms with van der Waals surface area (Å²) in [5, 5.41) is 6.13. The molecule has 23 heavy (non-hydrogen) atoms. The van der Waals surface area contributed by atoms with Gasteiger partial charge in [-0.1, -0.05) is 24.6 Å². The lowest BCUT2D eigenvalue weighted by atomic mass is 10.0. The Labute approximate surface area is 142 Å². The van der Waals surface area contributed by atoms with Crippen molar-refractivity contribution in [3.63, 3.8) is 0 Å². The van der Waals surface area contributed by atoms with E-state index in [1.165, 1.54) is 6.07 Å². The van der Waals surface area contributed by atoms with E-state index in [9.17, 15) is 9.18 Å². The van der Waals surface area contributed by atoms with Crippen molar-refractivity contribution in [2.75, 3.05) is 19.6 Å². The monoisotopic (exact) mass is 341 g/mol. The van der Waals surface area contributed by atoms with Gasteiger partial charge in [0.25, 0.3) is 0 Å². The lowest BCUT2D eigenvalue weighted by Crippen LogP contribution is -2.44. The minimum atomic E-state index is -0.321. The van der Waals surface area contributed by atoms with Gasteiger partial charge in [-0.3, -0.25) is 4.90 Å². The van der Waals surface area contributed by atoms with E-state index in [1.807, 2.05) is 13.8 Å². The number of nitrogens with one attached hydrogen (secondary N) is 2. The molecule has 6 heteroatoms. The van der Waals surface area contributed by atoms with E-state index in [0.29, 0.717) is 17.1 Å². The highest BCUT2D eigenvalue weighted by Gasteiger charge is 2.28. The average molecular weight is 342 g/mol. The molecule has 1 saturated heterocycles.